The first-order valence-corrected chi connectivity index (χ1v) is 22.1. The summed E-state index contributed by atoms with van der Waals surface area (Å²) >= 11 is 1.59. The molecule has 1 unspecified atom stereocenters. The number of likely N-dealkylation sites (tertiary alicyclic amines) is 2. The molecule has 0 spiro atoms. The molecule has 2 aromatic carbocycles. The van der Waals surface area contributed by atoms with Gasteiger partial charge in [-0.1, -0.05) is 50.2 Å². The lowest BCUT2D eigenvalue weighted by Crippen LogP contribution is -2.48. The third kappa shape index (κ3) is 8.02. The third-order valence-corrected chi connectivity index (χ3v) is 13.8. The molecule has 318 valence electrons. The van der Waals surface area contributed by atoms with E-state index in [0.717, 1.165) is 64.5 Å². The smallest absolute Gasteiger partial charge is 0.254 e. The van der Waals surface area contributed by atoms with Crippen LogP contribution in [0.4, 0.5) is 0 Å². The molecule has 2 amide bonds. The van der Waals surface area contributed by atoms with Crippen molar-refractivity contribution < 1.29 is 29.1 Å². The summed E-state index contributed by atoms with van der Waals surface area (Å²) in [6, 6.07) is 17.9. The molecule has 14 nitrogen and oxygen atoms in total. The van der Waals surface area contributed by atoms with Gasteiger partial charge in [0.15, 0.2) is 11.4 Å². The van der Waals surface area contributed by atoms with Crippen molar-refractivity contribution in [3.05, 3.63) is 94.4 Å². The van der Waals surface area contributed by atoms with Crippen LogP contribution in [0.5, 0.6) is 11.6 Å². The van der Waals surface area contributed by atoms with E-state index < -0.39 is 18.1 Å². The zero-order valence-electron chi connectivity index (χ0n) is 35.0. The van der Waals surface area contributed by atoms with Crippen LogP contribution < -0.4 is 10.1 Å². The molecule has 7 atom stereocenters. The molecule has 4 aromatic heterocycles. The Balaban J connectivity index is 0.767. The van der Waals surface area contributed by atoms with Crippen molar-refractivity contribution in [2.24, 2.45) is 17.8 Å². The number of amides is 2. The quantitative estimate of drug-likeness (QED) is 0.0852. The van der Waals surface area contributed by atoms with E-state index in [1.165, 1.54) is 10.5 Å². The number of hydrogen-bond acceptors (Lipinski definition) is 12. The summed E-state index contributed by atoms with van der Waals surface area (Å²) < 4.78 is 11.7. The van der Waals surface area contributed by atoms with Crippen LogP contribution in [0.1, 0.15) is 79.8 Å². The molecule has 6 aromatic rings. The number of aliphatic hydroxyl groups is 1. The lowest BCUT2D eigenvalue weighted by atomic mass is 9.91. The lowest BCUT2D eigenvalue weighted by Gasteiger charge is -2.29. The van der Waals surface area contributed by atoms with Crippen molar-refractivity contribution in [1.82, 2.24) is 40.4 Å². The SMILES string of the molecule is Cc1ncsc1-c1ccc([C@H](C)NC(=O)[C@@H]2C[C@@H](O)CN2C(=O)[C@@H](c2cc(OCCCN3C[C@@H]4C(c5c(C)[nH]c6nnc(-c7ccccc7O)cc56)[C@@H]4C3)no2)C(C)C)cc1. The number of phenolic OH excluding ortho intramolecular Hbond substituents is 1. The molecule has 2 saturated heterocycles. The second-order valence-corrected chi connectivity index (χ2v) is 18.1. The minimum absolute atomic E-state index is 0.0600. The van der Waals surface area contributed by atoms with E-state index >= 15 is 0 Å². The molecule has 1 saturated carbocycles. The number of hydrogen-bond donors (Lipinski definition) is 4. The fourth-order valence-electron chi connectivity index (χ4n) is 9.68. The Bertz CT molecular complexity index is 2540. The van der Waals surface area contributed by atoms with Gasteiger partial charge < -0.3 is 39.6 Å². The number of phenols is 1. The summed E-state index contributed by atoms with van der Waals surface area (Å²) in [5, 5.41) is 38.2. The highest BCUT2D eigenvalue weighted by molar-refractivity contribution is 7.13. The number of benzene rings is 2. The Morgan fingerprint density at radius 1 is 1.03 bits per heavy atom. The standard InChI is InChI=1S/C46H52N8O6S/c1-24(2)40(46(58)54-20-30(55)17-36(54)45(57)49-25(3)28-11-13-29(14-12-28)43-27(5)47-23-61-43)38-19-39(52-60-38)59-16-8-15-53-21-33-34(22-53)42(33)41-26(4)48-44-32(41)18-35(50-51-44)31-9-6-7-10-37(31)56/h6-7,9-14,18-19,23-25,30,33-34,36,40,42,55-56H,8,15-17,20-22H2,1-5H3,(H,48,51)(H,49,57)/t25-,30+,33-,34+,36-,40+,42?/m0/s1. The minimum atomic E-state index is -0.820. The van der Waals surface area contributed by atoms with Crippen molar-refractivity contribution in [3.8, 4) is 33.3 Å². The van der Waals surface area contributed by atoms with Crippen LogP contribution in [-0.2, 0) is 9.59 Å². The Labute approximate surface area is 358 Å². The van der Waals surface area contributed by atoms with Crippen molar-refractivity contribution in [1.29, 1.82) is 0 Å². The van der Waals surface area contributed by atoms with Crippen molar-refractivity contribution in [3.63, 3.8) is 0 Å². The number of piperidine rings is 1. The van der Waals surface area contributed by atoms with Crippen LogP contribution in [0.3, 0.4) is 0 Å². The van der Waals surface area contributed by atoms with Crippen molar-refractivity contribution in [2.45, 2.75) is 77.5 Å². The second-order valence-electron chi connectivity index (χ2n) is 17.3. The molecule has 3 fully saturated rings. The fraction of sp³-hybridized carbons (Fsp3) is 0.435. The number of nitrogens with zero attached hydrogens (tertiary/aromatic N) is 6. The maximum Gasteiger partial charge on any atom is 0.254 e. The van der Waals surface area contributed by atoms with Gasteiger partial charge in [0, 0.05) is 55.3 Å². The number of carbonyl (C=O) groups excluding carboxylic acids is 2. The van der Waals surface area contributed by atoms with Crippen LogP contribution in [0.25, 0.3) is 32.7 Å². The number of aryl methyl sites for hydroxylation is 2. The number of rotatable bonds is 14. The maximum atomic E-state index is 14.2. The van der Waals surface area contributed by atoms with Crippen molar-refractivity contribution >= 4 is 34.2 Å². The van der Waals surface area contributed by atoms with E-state index in [4.69, 9.17) is 9.26 Å². The zero-order chi connectivity index (χ0) is 42.5. The van der Waals surface area contributed by atoms with E-state index in [2.05, 4.69) is 48.5 Å². The van der Waals surface area contributed by atoms with Gasteiger partial charge in [-0.3, -0.25) is 9.59 Å². The molecular weight excluding hydrogens is 793 g/mol. The van der Waals surface area contributed by atoms with Gasteiger partial charge in [0.1, 0.15) is 17.7 Å². The topological polar surface area (TPSA) is 183 Å². The maximum absolute atomic E-state index is 14.2. The summed E-state index contributed by atoms with van der Waals surface area (Å²) in [6.07, 6.45) is 0.145. The molecule has 61 heavy (non-hydrogen) atoms. The molecule has 0 radical (unpaired) electrons. The van der Waals surface area contributed by atoms with E-state index in [-0.39, 0.29) is 42.5 Å². The number of aliphatic hydroxyl groups excluding tert-OH is 1. The summed E-state index contributed by atoms with van der Waals surface area (Å²) in [7, 11) is 0. The summed E-state index contributed by atoms with van der Waals surface area (Å²) in [6.45, 7) is 13.3. The number of aromatic nitrogens is 5. The first-order chi connectivity index (χ1) is 29.4. The summed E-state index contributed by atoms with van der Waals surface area (Å²) in [5.41, 5.74) is 9.37. The van der Waals surface area contributed by atoms with Crippen molar-refractivity contribution in [2.75, 3.05) is 32.8 Å². The van der Waals surface area contributed by atoms with Crippen LogP contribution in [0.15, 0.2) is 70.7 Å². The van der Waals surface area contributed by atoms with Gasteiger partial charge in [0.2, 0.25) is 11.8 Å². The number of thiazole rings is 1. The Morgan fingerprint density at radius 2 is 1.80 bits per heavy atom. The van der Waals surface area contributed by atoms with Gasteiger partial charge in [-0.25, -0.2) is 4.98 Å². The zero-order valence-corrected chi connectivity index (χ0v) is 35.9. The average molecular weight is 845 g/mol. The van der Waals surface area contributed by atoms with Gasteiger partial charge in [-0.05, 0) is 90.9 Å². The third-order valence-electron chi connectivity index (χ3n) is 12.8. The van der Waals surface area contributed by atoms with E-state index in [9.17, 15) is 19.8 Å². The number of nitrogens with one attached hydrogen (secondary N) is 2. The Hall–Kier alpha value is -5.64. The molecule has 6 heterocycles. The number of fused-ring (bicyclic) bond motifs is 2. The number of β-amino-alcohol motifs (C(OH)–C–C–N with tert-alkyl or cyclic N) is 1. The summed E-state index contributed by atoms with van der Waals surface area (Å²) in [4.78, 5) is 40.7. The highest BCUT2D eigenvalue weighted by atomic mass is 32.1. The van der Waals surface area contributed by atoms with E-state index in [0.29, 0.717) is 47.3 Å². The number of H-pyrrole nitrogens is 1. The minimum Gasteiger partial charge on any atom is -0.507 e. The van der Waals surface area contributed by atoms with Crippen LogP contribution in [-0.4, -0.2) is 102 Å². The first kappa shape index (κ1) is 40.7. The number of aromatic hydroxyl groups is 1. The molecule has 9 rings (SSSR count). The first-order valence-electron chi connectivity index (χ1n) is 21.2. The predicted octanol–water partition coefficient (Wildman–Crippen LogP) is 6.75. The van der Waals surface area contributed by atoms with Gasteiger partial charge in [-0.2, -0.15) is 0 Å². The average Bonchev–Trinajstić information content (AvgIpc) is 3.92. The molecule has 3 aliphatic rings. The highest BCUT2D eigenvalue weighted by Crippen LogP contribution is 2.60. The van der Waals surface area contributed by atoms with Crippen LogP contribution in [0.2, 0.25) is 0 Å². The molecule has 4 N–H and O–H groups in total. The van der Waals surface area contributed by atoms with Gasteiger partial charge >= 0.3 is 0 Å². The number of carbonyl (C=O) groups is 2. The summed E-state index contributed by atoms with van der Waals surface area (Å²) in [5.74, 6) is 1.03. The molecule has 2 aliphatic heterocycles. The fourth-order valence-corrected chi connectivity index (χ4v) is 10.5. The molecule has 1 aliphatic carbocycles. The molecular formula is C46H52N8O6S. The predicted molar refractivity (Wildman–Crippen MR) is 231 cm³/mol. The Morgan fingerprint density at radius 3 is 2.52 bits per heavy atom. The van der Waals surface area contributed by atoms with E-state index in [1.807, 2.05) is 69.6 Å². The monoisotopic (exact) mass is 844 g/mol. The second kappa shape index (κ2) is 16.7. The normalized spacial score (nSPS) is 22.1. The van der Waals surface area contributed by atoms with Gasteiger partial charge in [-0.15, -0.1) is 21.5 Å². The largest absolute Gasteiger partial charge is 0.507 e. The number of aromatic amines is 1. The van der Waals surface area contributed by atoms with Crippen LogP contribution in [0, 0.1) is 31.6 Å². The lowest BCUT2D eigenvalue weighted by molar-refractivity contribution is -0.141. The molecule has 0 bridgehead atoms. The van der Waals surface area contributed by atoms with Crippen LogP contribution >= 0.6 is 11.3 Å². The Kier molecular flexibility index (Phi) is 11.1. The highest BCUT2D eigenvalue weighted by Gasteiger charge is 2.57. The number of ether oxygens (including phenoxy) is 1. The number of para-hydroxylation sites is 1. The van der Waals surface area contributed by atoms with Gasteiger partial charge in [0.25, 0.3) is 5.88 Å². The van der Waals surface area contributed by atoms with Gasteiger partial charge in [0.05, 0.1) is 40.5 Å². The van der Waals surface area contributed by atoms with E-state index in [1.54, 1.807) is 29.5 Å². The molecule has 15 heteroatoms.